The Bertz CT molecular complexity index is 532. The lowest BCUT2D eigenvalue weighted by Gasteiger charge is -2.36. The van der Waals surface area contributed by atoms with Crippen LogP contribution >= 0.6 is 0 Å². The lowest BCUT2D eigenvalue weighted by atomic mass is 10.2. The highest BCUT2D eigenvalue weighted by Crippen LogP contribution is 2.18. The lowest BCUT2D eigenvalue weighted by Crippen LogP contribution is -2.50. The molecule has 1 fully saturated rings. The third kappa shape index (κ3) is 4.10. The average Bonchev–Trinajstić information content (AvgIpc) is 2.45. The maximum atomic E-state index is 12.0. The fourth-order valence-electron chi connectivity index (χ4n) is 2.36. The van der Waals surface area contributed by atoms with Gasteiger partial charge in [0.25, 0.3) is 0 Å². The molecule has 0 aromatic carbocycles. The van der Waals surface area contributed by atoms with E-state index in [0.29, 0.717) is 13.1 Å². The van der Waals surface area contributed by atoms with Crippen LogP contribution in [0.1, 0.15) is 32.0 Å². The van der Waals surface area contributed by atoms with Crippen molar-refractivity contribution in [2.75, 3.05) is 31.1 Å². The summed E-state index contributed by atoms with van der Waals surface area (Å²) in [6.45, 7) is 10.2. The van der Waals surface area contributed by atoms with E-state index in [2.05, 4.69) is 9.88 Å². The third-order valence-corrected chi connectivity index (χ3v) is 3.61. The van der Waals surface area contributed by atoms with Crippen molar-refractivity contribution in [3.05, 3.63) is 23.4 Å². The fraction of sp³-hybridized carbons (Fsp3) is 0.625. The van der Waals surface area contributed by atoms with Gasteiger partial charge in [0.1, 0.15) is 11.4 Å². The number of carbonyl (C=O) groups is 1. The van der Waals surface area contributed by atoms with Gasteiger partial charge in [-0.15, -0.1) is 0 Å². The van der Waals surface area contributed by atoms with Gasteiger partial charge in [0, 0.05) is 31.9 Å². The van der Waals surface area contributed by atoms with Crippen molar-refractivity contribution in [1.29, 1.82) is 0 Å². The molecule has 1 saturated heterocycles. The summed E-state index contributed by atoms with van der Waals surface area (Å²) in [7, 11) is 0. The fourth-order valence-corrected chi connectivity index (χ4v) is 2.36. The number of ether oxygens (including phenoxy) is 1. The number of nitrogens with zero attached hydrogens (tertiary/aromatic N) is 3. The third-order valence-electron chi connectivity index (χ3n) is 3.61. The van der Waals surface area contributed by atoms with Crippen molar-refractivity contribution in [1.82, 2.24) is 9.88 Å². The molecule has 0 atom stereocenters. The summed E-state index contributed by atoms with van der Waals surface area (Å²) in [4.78, 5) is 20.4. The number of piperazine rings is 1. The highest BCUT2D eigenvalue weighted by molar-refractivity contribution is 5.68. The summed E-state index contributed by atoms with van der Waals surface area (Å²) < 4.78 is 5.39. The van der Waals surface area contributed by atoms with Crippen LogP contribution in [0.4, 0.5) is 10.6 Å². The summed E-state index contributed by atoms with van der Waals surface area (Å²) in [5.41, 5.74) is 1.22. The Hall–Kier alpha value is -1.82. The number of carbonyl (C=O) groups excluding carboxylic acids is 1. The molecule has 1 aromatic rings. The van der Waals surface area contributed by atoms with Gasteiger partial charge in [0.05, 0.1) is 6.61 Å². The van der Waals surface area contributed by atoms with E-state index in [1.807, 2.05) is 39.8 Å². The predicted molar refractivity (Wildman–Crippen MR) is 84.9 cm³/mol. The summed E-state index contributed by atoms with van der Waals surface area (Å²) in [6.07, 6.45) is -0.257. The van der Waals surface area contributed by atoms with Crippen LogP contribution < -0.4 is 4.90 Å². The number of hydrogen-bond donors (Lipinski definition) is 1. The van der Waals surface area contributed by atoms with E-state index in [9.17, 15) is 9.90 Å². The first-order valence-electron chi connectivity index (χ1n) is 7.60. The van der Waals surface area contributed by atoms with Crippen LogP contribution in [-0.4, -0.2) is 52.9 Å². The molecular formula is C16H25N3O3. The first kappa shape index (κ1) is 16.5. The van der Waals surface area contributed by atoms with Crippen molar-refractivity contribution >= 4 is 11.9 Å². The van der Waals surface area contributed by atoms with Crippen molar-refractivity contribution in [2.45, 2.75) is 39.9 Å². The quantitative estimate of drug-likeness (QED) is 0.904. The van der Waals surface area contributed by atoms with E-state index in [-0.39, 0.29) is 12.7 Å². The second-order valence-corrected chi connectivity index (χ2v) is 6.53. The van der Waals surface area contributed by atoms with Crippen LogP contribution in [0.15, 0.2) is 12.1 Å². The largest absolute Gasteiger partial charge is 0.444 e. The first-order valence-corrected chi connectivity index (χ1v) is 7.60. The van der Waals surface area contributed by atoms with E-state index in [4.69, 9.17) is 4.74 Å². The van der Waals surface area contributed by atoms with Gasteiger partial charge in [0.2, 0.25) is 0 Å². The summed E-state index contributed by atoms with van der Waals surface area (Å²) in [6, 6.07) is 3.82. The molecule has 1 aliphatic rings. The molecule has 0 spiro atoms. The first-order chi connectivity index (χ1) is 10.3. The predicted octanol–water partition coefficient (Wildman–Crippen LogP) is 1.94. The molecule has 1 aromatic heterocycles. The molecule has 0 unspecified atom stereocenters. The molecule has 1 aliphatic heterocycles. The minimum atomic E-state index is -0.465. The van der Waals surface area contributed by atoms with Crippen LogP contribution in [0.5, 0.6) is 0 Å². The van der Waals surface area contributed by atoms with Crippen LogP contribution in [0.2, 0.25) is 0 Å². The Kier molecular flexibility index (Phi) is 4.90. The summed E-state index contributed by atoms with van der Waals surface area (Å²) in [5, 5.41) is 9.20. The van der Waals surface area contributed by atoms with Gasteiger partial charge in [-0.05, 0) is 39.3 Å². The van der Waals surface area contributed by atoms with Crippen molar-refractivity contribution < 1.29 is 14.6 Å². The van der Waals surface area contributed by atoms with Gasteiger partial charge in [-0.25, -0.2) is 9.78 Å². The highest BCUT2D eigenvalue weighted by atomic mass is 16.6. The Morgan fingerprint density at radius 2 is 1.91 bits per heavy atom. The number of aliphatic hydroxyl groups excluding tert-OH is 1. The lowest BCUT2D eigenvalue weighted by molar-refractivity contribution is 0.0240. The molecular weight excluding hydrogens is 282 g/mol. The number of aliphatic hydroxyl groups is 1. The summed E-state index contributed by atoms with van der Waals surface area (Å²) >= 11 is 0. The van der Waals surface area contributed by atoms with E-state index in [1.54, 1.807) is 4.90 Å². The second-order valence-electron chi connectivity index (χ2n) is 6.53. The van der Waals surface area contributed by atoms with Crippen LogP contribution in [0.25, 0.3) is 0 Å². The summed E-state index contributed by atoms with van der Waals surface area (Å²) in [5.74, 6) is 0.888. The van der Waals surface area contributed by atoms with E-state index >= 15 is 0 Å². The molecule has 0 aliphatic carbocycles. The van der Waals surface area contributed by atoms with Crippen molar-refractivity contribution in [2.24, 2.45) is 0 Å². The number of pyridine rings is 1. The van der Waals surface area contributed by atoms with Gasteiger partial charge in [0.15, 0.2) is 0 Å². The molecule has 2 heterocycles. The molecule has 122 valence electrons. The molecule has 6 nitrogen and oxygen atoms in total. The molecule has 2 rings (SSSR count). The monoisotopic (exact) mass is 307 g/mol. The zero-order valence-corrected chi connectivity index (χ0v) is 13.8. The normalized spacial score (nSPS) is 15.9. The van der Waals surface area contributed by atoms with Gasteiger partial charge in [-0.3, -0.25) is 0 Å². The number of rotatable bonds is 2. The van der Waals surface area contributed by atoms with Gasteiger partial charge in [-0.2, -0.15) is 0 Å². The molecule has 0 radical (unpaired) electrons. The van der Waals surface area contributed by atoms with E-state index in [0.717, 1.165) is 30.2 Å². The molecule has 6 heteroatoms. The molecule has 0 bridgehead atoms. The number of anilines is 1. The van der Waals surface area contributed by atoms with Gasteiger partial charge < -0.3 is 19.6 Å². The minimum Gasteiger partial charge on any atom is -0.444 e. The topological polar surface area (TPSA) is 65.9 Å². The zero-order chi connectivity index (χ0) is 16.3. The van der Waals surface area contributed by atoms with Crippen LogP contribution in [0.3, 0.4) is 0 Å². The number of amides is 1. The molecule has 0 saturated carbocycles. The molecule has 1 N–H and O–H groups in total. The second kappa shape index (κ2) is 6.52. The van der Waals surface area contributed by atoms with E-state index in [1.165, 1.54) is 0 Å². The SMILES string of the molecule is Cc1nc(N2CCN(C(=O)OC(C)(C)C)CC2)ccc1CO. The molecule has 22 heavy (non-hydrogen) atoms. The minimum absolute atomic E-state index is 0.00549. The number of aryl methyl sites for hydroxylation is 1. The highest BCUT2D eigenvalue weighted by Gasteiger charge is 2.26. The Labute approximate surface area is 131 Å². The smallest absolute Gasteiger partial charge is 0.410 e. The number of aromatic nitrogens is 1. The zero-order valence-electron chi connectivity index (χ0n) is 13.8. The maximum absolute atomic E-state index is 12.0. The van der Waals surface area contributed by atoms with Crippen LogP contribution in [-0.2, 0) is 11.3 Å². The standard InChI is InChI=1S/C16H25N3O3/c1-12-13(11-20)5-6-14(17-12)18-7-9-19(10-8-18)15(21)22-16(2,3)4/h5-6,20H,7-11H2,1-4H3. The Balaban J connectivity index is 1.94. The Morgan fingerprint density at radius 3 is 2.41 bits per heavy atom. The van der Waals surface area contributed by atoms with Crippen molar-refractivity contribution in [3.8, 4) is 0 Å². The molecule has 1 amide bonds. The van der Waals surface area contributed by atoms with E-state index < -0.39 is 5.60 Å². The van der Waals surface area contributed by atoms with Gasteiger partial charge >= 0.3 is 6.09 Å². The number of hydrogen-bond acceptors (Lipinski definition) is 5. The maximum Gasteiger partial charge on any atom is 0.410 e. The average molecular weight is 307 g/mol. The Morgan fingerprint density at radius 1 is 1.27 bits per heavy atom. The van der Waals surface area contributed by atoms with Gasteiger partial charge in [-0.1, -0.05) is 6.07 Å². The van der Waals surface area contributed by atoms with Crippen LogP contribution in [0, 0.1) is 6.92 Å². The van der Waals surface area contributed by atoms with Crippen molar-refractivity contribution in [3.63, 3.8) is 0 Å².